The fraction of sp³-hybridized carbons (Fsp3) is 0.346. The molecule has 2 aromatic carbocycles. The molecule has 0 unspecified atom stereocenters. The van der Waals surface area contributed by atoms with Gasteiger partial charge in [-0.2, -0.15) is 0 Å². The zero-order valence-electron chi connectivity index (χ0n) is 18.7. The van der Waals surface area contributed by atoms with Crippen LogP contribution in [0.2, 0.25) is 0 Å². The van der Waals surface area contributed by atoms with Crippen LogP contribution in [0.3, 0.4) is 0 Å². The summed E-state index contributed by atoms with van der Waals surface area (Å²) < 4.78 is 0. The Morgan fingerprint density at radius 2 is 1.78 bits per heavy atom. The first-order valence-electron chi connectivity index (χ1n) is 11.7. The molecule has 166 valence electrons. The van der Waals surface area contributed by atoms with Crippen molar-refractivity contribution in [3.8, 4) is 0 Å². The van der Waals surface area contributed by atoms with E-state index in [0.29, 0.717) is 6.42 Å². The second-order valence-corrected chi connectivity index (χ2v) is 9.33. The van der Waals surface area contributed by atoms with E-state index in [1.165, 1.54) is 27.4 Å². The number of para-hydroxylation sites is 1. The lowest BCUT2D eigenvalue weighted by atomic mass is 10.0. The molecule has 1 fully saturated rings. The summed E-state index contributed by atoms with van der Waals surface area (Å²) in [6.45, 7) is 5.33. The highest BCUT2D eigenvalue weighted by Gasteiger charge is 2.27. The number of hydrogen-bond donors (Lipinski definition) is 5. The lowest BCUT2D eigenvalue weighted by Crippen LogP contribution is -3.12. The van der Waals surface area contributed by atoms with Crippen molar-refractivity contribution in [2.75, 3.05) is 13.1 Å². The molecule has 1 saturated heterocycles. The molecule has 6 nitrogen and oxygen atoms in total. The van der Waals surface area contributed by atoms with E-state index in [0.717, 1.165) is 43.6 Å². The van der Waals surface area contributed by atoms with E-state index in [1.807, 2.05) is 18.3 Å². The zero-order chi connectivity index (χ0) is 22.1. The Balaban J connectivity index is 1.13. The van der Waals surface area contributed by atoms with Gasteiger partial charge >= 0.3 is 0 Å². The summed E-state index contributed by atoms with van der Waals surface area (Å²) in [6, 6.07) is 14.8. The van der Waals surface area contributed by atoms with Crippen LogP contribution >= 0.6 is 0 Å². The van der Waals surface area contributed by atoms with Crippen LogP contribution in [0, 0.1) is 6.92 Å². The van der Waals surface area contributed by atoms with E-state index >= 15 is 0 Å². The largest absolute Gasteiger partial charge is 0.361 e. The molecule has 7 N–H and O–H groups in total. The molecule has 1 amide bonds. The Hall–Kier alpha value is -3.09. The number of nitrogens with one attached hydrogen (secondary N) is 4. The van der Waals surface area contributed by atoms with E-state index in [-0.39, 0.29) is 18.0 Å². The van der Waals surface area contributed by atoms with E-state index in [9.17, 15) is 4.79 Å². The maximum absolute atomic E-state index is 12.8. The summed E-state index contributed by atoms with van der Waals surface area (Å²) in [6.07, 6.45) is 6.84. The Kier molecular flexibility index (Phi) is 5.72. The number of benzene rings is 2. The number of aromatic amines is 2. The van der Waals surface area contributed by atoms with Crippen molar-refractivity contribution in [2.45, 2.75) is 44.8 Å². The highest BCUT2D eigenvalue weighted by atomic mass is 16.2. The minimum atomic E-state index is -0.283. The van der Waals surface area contributed by atoms with Gasteiger partial charge in [-0.15, -0.1) is 0 Å². The number of rotatable bonds is 6. The number of hydrogen-bond acceptors (Lipinski definition) is 1. The molecule has 0 radical (unpaired) electrons. The Labute approximate surface area is 188 Å². The summed E-state index contributed by atoms with van der Waals surface area (Å²) in [4.78, 5) is 21.1. The van der Waals surface area contributed by atoms with Gasteiger partial charge in [0.1, 0.15) is 6.54 Å². The van der Waals surface area contributed by atoms with Crippen molar-refractivity contribution in [1.82, 2.24) is 15.3 Å². The van der Waals surface area contributed by atoms with Gasteiger partial charge < -0.3 is 25.9 Å². The highest BCUT2D eigenvalue weighted by Crippen LogP contribution is 2.20. The van der Waals surface area contributed by atoms with Gasteiger partial charge in [0.15, 0.2) is 6.04 Å². The van der Waals surface area contributed by atoms with Gasteiger partial charge in [-0.1, -0.05) is 29.8 Å². The molecule has 32 heavy (non-hydrogen) atoms. The van der Waals surface area contributed by atoms with Crippen LogP contribution in [-0.2, 0) is 17.8 Å². The van der Waals surface area contributed by atoms with Crippen LogP contribution in [0.15, 0.2) is 54.9 Å². The minimum absolute atomic E-state index is 0.0656. The molecule has 4 aromatic rings. The smallest absolute Gasteiger partial charge is 0.278 e. The third-order valence-electron chi connectivity index (χ3n) is 6.91. The predicted octanol–water partition coefficient (Wildman–Crippen LogP) is 1.47. The normalized spacial score (nSPS) is 19.9. The van der Waals surface area contributed by atoms with Crippen molar-refractivity contribution in [3.63, 3.8) is 0 Å². The van der Waals surface area contributed by atoms with Gasteiger partial charge in [0, 0.05) is 65.1 Å². The van der Waals surface area contributed by atoms with Crippen LogP contribution in [0.25, 0.3) is 21.8 Å². The quantitative estimate of drug-likeness (QED) is 0.314. The predicted molar refractivity (Wildman–Crippen MR) is 127 cm³/mol. The van der Waals surface area contributed by atoms with Crippen LogP contribution in [-0.4, -0.2) is 41.0 Å². The minimum Gasteiger partial charge on any atom is -0.361 e. The first-order chi connectivity index (χ1) is 15.6. The number of aromatic nitrogens is 2. The number of amides is 1. The topological polar surface area (TPSA) is 92.8 Å². The fourth-order valence-corrected chi connectivity index (χ4v) is 5.03. The number of carbonyl (C=O) groups is 1. The third kappa shape index (κ3) is 4.29. The Morgan fingerprint density at radius 1 is 1.06 bits per heavy atom. The molecule has 0 spiro atoms. The average Bonchev–Trinajstić information content (AvgIpc) is 3.39. The molecule has 1 aliphatic heterocycles. The average molecular weight is 432 g/mol. The van der Waals surface area contributed by atoms with Crippen molar-refractivity contribution in [3.05, 3.63) is 71.5 Å². The summed E-state index contributed by atoms with van der Waals surface area (Å²) in [7, 11) is 0. The van der Waals surface area contributed by atoms with Crippen molar-refractivity contribution in [1.29, 1.82) is 0 Å². The second-order valence-electron chi connectivity index (χ2n) is 9.33. The van der Waals surface area contributed by atoms with Crippen LogP contribution < -0.4 is 16.0 Å². The second kappa shape index (κ2) is 8.81. The summed E-state index contributed by atoms with van der Waals surface area (Å²) in [5.74, 6) is 0.0656. The number of H-pyrrole nitrogens is 2. The molecular formula is C26H33N5O+2. The van der Waals surface area contributed by atoms with Gasteiger partial charge in [0.05, 0.1) is 13.1 Å². The summed E-state index contributed by atoms with van der Waals surface area (Å²) >= 11 is 0. The van der Waals surface area contributed by atoms with Gasteiger partial charge in [-0.3, -0.25) is 4.79 Å². The molecule has 1 atom stereocenters. The highest BCUT2D eigenvalue weighted by molar-refractivity contribution is 5.85. The first kappa shape index (κ1) is 20.8. The monoisotopic (exact) mass is 431 g/mol. The Bertz CT molecular complexity index is 1230. The van der Waals surface area contributed by atoms with Gasteiger partial charge in [0.2, 0.25) is 0 Å². The van der Waals surface area contributed by atoms with Crippen LogP contribution in [0.1, 0.15) is 29.5 Å². The SMILES string of the molecule is Cc1ccc2[nH]cc(C[NH+]3CCC(NC(=O)[C@@H]([NH3+])Cc4c[nH]c5ccccc45)CC3)c2c1. The number of piperidine rings is 1. The number of carbonyl (C=O) groups excluding carboxylic acids is 1. The third-order valence-corrected chi connectivity index (χ3v) is 6.91. The van der Waals surface area contributed by atoms with Gasteiger partial charge in [-0.25, -0.2) is 0 Å². The molecule has 0 saturated carbocycles. The number of fused-ring (bicyclic) bond motifs is 2. The maximum atomic E-state index is 12.8. The number of quaternary nitrogens is 2. The van der Waals surface area contributed by atoms with Crippen molar-refractivity contribution in [2.24, 2.45) is 0 Å². The number of aryl methyl sites for hydroxylation is 1. The number of likely N-dealkylation sites (tertiary alicyclic amines) is 1. The summed E-state index contributed by atoms with van der Waals surface area (Å²) in [5, 5.41) is 5.78. The van der Waals surface area contributed by atoms with E-state index < -0.39 is 0 Å². The fourth-order valence-electron chi connectivity index (χ4n) is 5.03. The van der Waals surface area contributed by atoms with Crippen molar-refractivity contribution < 1.29 is 15.4 Å². The first-order valence-corrected chi connectivity index (χ1v) is 11.7. The van der Waals surface area contributed by atoms with Crippen LogP contribution in [0.4, 0.5) is 0 Å². The lowest BCUT2D eigenvalue weighted by molar-refractivity contribution is -0.918. The molecule has 2 aromatic heterocycles. The van der Waals surface area contributed by atoms with Gasteiger partial charge in [0.25, 0.3) is 5.91 Å². The molecule has 6 heteroatoms. The van der Waals surface area contributed by atoms with Crippen LogP contribution in [0.5, 0.6) is 0 Å². The molecule has 1 aliphatic rings. The molecule has 0 bridgehead atoms. The van der Waals surface area contributed by atoms with Crippen molar-refractivity contribution >= 4 is 27.7 Å². The zero-order valence-corrected chi connectivity index (χ0v) is 18.7. The molecular weight excluding hydrogens is 398 g/mol. The Morgan fingerprint density at radius 3 is 2.59 bits per heavy atom. The van der Waals surface area contributed by atoms with E-state index in [1.54, 1.807) is 4.90 Å². The lowest BCUT2D eigenvalue weighted by Gasteiger charge is -2.30. The van der Waals surface area contributed by atoms with E-state index in [2.05, 4.69) is 64.5 Å². The molecule has 3 heterocycles. The van der Waals surface area contributed by atoms with E-state index in [4.69, 9.17) is 0 Å². The maximum Gasteiger partial charge on any atom is 0.278 e. The standard InChI is InChI=1S/C26H31N5O/c1-17-6-7-25-22(12-17)19(15-29-25)16-31-10-8-20(9-11-31)30-26(32)23(27)13-18-14-28-24-5-3-2-4-21(18)24/h2-7,12,14-15,20,23,28-29H,8-11,13,16,27H2,1H3,(H,30,32)/p+2/t23-/m0/s1. The summed E-state index contributed by atoms with van der Waals surface area (Å²) in [5.41, 5.74) is 10.3. The molecule has 0 aliphatic carbocycles. The molecule has 5 rings (SSSR count). The van der Waals surface area contributed by atoms with Gasteiger partial charge in [-0.05, 0) is 30.7 Å².